The van der Waals surface area contributed by atoms with Crippen molar-refractivity contribution in [1.29, 1.82) is 0 Å². The Morgan fingerprint density at radius 1 is 0.879 bits per heavy atom. The number of hydrogen-bond donors (Lipinski definition) is 0. The summed E-state index contributed by atoms with van der Waals surface area (Å²) < 4.78 is 29.8. The number of hydrogen-bond acceptors (Lipinski definition) is 0. The van der Waals surface area contributed by atoms with Crippen LogP contribution in [0.5, 0.6) is 0 Å². The van der Waals surface area contributed by atoms with Crippen LogP contribution in [0, 0.1) is 29.4 Å². The minimum Gasteiger partial charge on any atom is -0.207 e. The van der Waals surface area contributed by atoms with Crippen molar-refractivity contribution in [3.05, 3.63) is 84.0 Å². The SMILES string of the molecule is C=CCCC1CCC2CC(c3ccc(-c4ccc(CC/C=C/C)c(F)c4)cc3F)CCC2C1. The quantitative estimate of drug-likeness (QED) is 0.353. The maximum atomic E-state index is 15.2. The number of benzene rings is 2. The molecule has 2 heteroatoms. The molecule has 4 rings (SSSR count). The molecular weight excluding hydrogens is 410 g/mol. The lowest BCUT2D eigenvalue weighted by molar-refractivity contribution is 0.114. The van der Waals surface area contributed by atoms with E-state index < -0.39 is 0 Å². The highest BCUT2D eigenvalue weighted by molar-refractivity contribution is 5.64. The Kier molecular flexibility index (Phi) is 8.17. The summed E-state index contributed by atoms with van der Waals surface area (Å²) in [4.78, 5) is 0. The van der Waals surface area contributed by atoms with E-state index in [4.69, 9.17) is 0 Å². The lowest BCUT2D eigenvalue weighted by Gasteiger charge is -2.42. The fourth-order valence-electron chi connectivity index (χ4n) is 6.26. The molecule has 0 radical (unpaired) electrons. The second kappa shape index (κ2) is 11.3. The van der Waals surface area contributed by atoms with Gasteiger partial charge in [-0.2, -0.15) is 0 Å². The number of allylic oxidation sites excluding steroid dienone is 3. The molecule has 0 bridgehead atoms. The maximum absolute atomic E-state index is 15.2. The normalized spacial score (nSPS) is 25.2. The van der Waals surface area contributed by atoms with Crippen LogP contribution >= 0.6 is 0 Å². The van der Waals surface area contributed by atoms with E-state index in [9.17, 15) is 4.39 Å². The number of halogens is 2. The van der Waals surface area contributed by atoms with Crippen LogP contribution in [0.3, 0.4) is 0 Å². The molecule has 0 aromatic heterocycles. The van der Waals surface area contributed by atoms with Gasteiger partial charge in [-0.3, -0.25) is 0 Å². The molecule has 0 saturated heterocycles. The lowest BCUT2D eigenvalue weighted by atomic mass is 9.63. The monoisotopic (exact) mass is 448 g/mol. The van der Waals surface area contributed by atoms with Crippen LogP contribution < -0.4 is 0 Å². The van der Waals surface area contributed by atoms with E-state index in [0.717, 1.165) is 60.1 Å². The molecule has 2 aromatic rings. The Balaban J connectivity index is 1.41. The first kappa shape index (κ1) is 23.9. The molecule has 0 nitrogen and oxygen atoms in total. The summed E-state index contributed by atoms with van der Waals surface area (Å²) in [6, 6.07) is 10.9. The first-order chi connectivity index (χ1) is 16.1. The molecule has 4 unspecified atom stereocenters. The number of rotatable bonds is 8. The van der Waals surface area contributed by atoms with Gasteiger partial charge in [0.2, 0.25) is 0 Å². The Morgan fingerprint density at radius 3 is 2.33 bits per heavy atom. The summed E-state index contributed by atoms with van der Waals surface area (Å²) in [7, 11) is 0. The zero-order chi connectivity index (χ0) is 23.2. The highest BCUT2D eigenvalue weighted by Gasteiger charge is 2.36. The standard InChI is InChI=1S/C31H38F2/c1-3-5-7-9-23-12-13-26(20-30(23)32)27-16-17-29(31(33)21-27)28-15-14-24-18-22(8-6-4-2)10-11-25(24)19-28/h3-5,12-13,16-17,20-22,24-25,28H,2,6-11,14-15,18-19H2,1H3/b5-3+. The molecule has 0 N–H and O–H groups in total. The van der Waals surface area contributed by atoms with Crippen LogP contribution in [-0.2, 0) is 6.42 Å². The van der Waals surface area contributed by atoms with Gasteiger partial charge in [0.05, 0.1) is 0 Å². The van der Waals surface area contributed by atoms with Crippen molar-refractivity contribution >= 4 is 0 Å². The van der Waals surface area contributed by atoms with Crippen LogP contribution in [0.25, 0.3) is 11.1 Å². The van der Waals surface area contributed by atoms with Crippen LogP contribution in [0.2, 0.25) is 0 Å². The third kappa shape index (κ3) is 5.83. The minimum absolute atomic E-state index is 0.131. The Hall–Kier alpha value is -2.22. The first-order valence-corrected chi connectivity index (χ1v) is 12.9. The van der Waals surface area contributed by atoms with Gasteiger partial charge in [-0.15, -0.1) is 6.58 Å². The van der Waals surface area contributed by atoms with Crippen molar-refractivity contribution in [1.82, 2.24) is 0 Å². The highest BCUT2D eigenvalue weighted by atomic mass is 19.1. The summed E-state index contributed by atoms with van der Waals surface area (Å²) in [5.41, 5.74) is 3.07. The fraction of sp³-hybridized carbons (Fsp3) is 0.484. The van der Waals surface area contributed by atoms with Crippen molar-refractivity contribution in [2.24, 2.45) is 17.8 Å². The Morgan fingerprint density at radius 2 is 1.61 bits per heavy atom. The maximum Gasteiger partial charge on any atom is 0.127 e. The highest BCUT2D eigenvalue weighted by Crippen LogP contribution is 2.48. The second-order valence-electron chi connectivity index (χ2n) is 10.2. The predicted molar refractivity (Wildman–Crippen MR) is 135 cm³/mol. The van der Waals surface area contributed by atoms with Gasteiger partial charge < -0.3 is 0 Å². The molecule has 2 aromatic carbocycles. The van der Waals surface area contributed by atoms with Crippen molar-refractivity contribution in [3.63, 3.8) is 0 Å². The van der Waals surface area contributed by atoms with Crippen molar-refractivity contribution in [3.8, 4) is 11.1 Å². The third-order valence-electron chi connectivity index (χ3n) is 8.14. The average molecular weight is 449 g/mol. The molecule has 2 fully saturated rings. The van der Waals surface area contributed by atoms with E-state index in [1.165, 1.54) is 32.1 Å². The Labute approximate surface area is 198 Å². The first-order valence-electron chi connectivity index (χ1n) is 12.9. The molecule has 2 aliphatic carbocycles. The molecule has 0 spiro atoms. The molecule has 4 atom stereocenters. The topological polar surface area (TPSA) is 0 Å². The van der Waals surface area contributed by atoms with E-state index >= 15 is 4.39 Å². The van der Waals surface area contributed by atoms with Gasteiger partial charge in [0, 0.05) is 0 Å². The van der Waals surface area contributed by atoms with E-state index in [1.54, 1.807) is 12.1 Å². The molecule has 0 aliphatic heterocycles. The van der Waals surface area contributed by atoms with Crippen LogP contribution in [-0.4, -0.2) is 0 Å². The van der Waals surface area contributed by atoms with Gasteiger partial charge in [-0.25, -0.2) is 8.78 Å². The molecule has 0 amide bonds. The van der Waals surface area contributed by atoms with Crippen LogP contribution in [0.15, 0.2) is 61.2 Å². The van der Waals surface area contributed by atoms with Crippen molar-refractivity contribution in [2.45, 2.75) is 77.0 Å². The number of fused-ring (bicyclic) bond motifs is 1. The average Bonchev–Trinajstić information content (AvgIpc) is 2.83. The molecule has 2 saturated carbocycles. The van der Waals surface area contributed by atoms with Crippen LogP contribution in [0.1, 0.15) is 81.8 Å². The van der Waals surface area contributed by atoms with Gasteiger partial charge in [-0.1, -0.05) is 48.9 Å². The smallest absolute Gasteiger partial charge is 0.127 e. The van der Waals surface area contributed by atoms with E-state index in [-0.39, 0.29) is 11.6 Å². The molecule has 176 valence electrons. The van der Waals surface area contributed by atoms with Crippen molar-refractivity contribution < 1.29 is 8.78 Å². The summed E-state index contributed by atoms with van der Waals surface area (Å²) in [6.45, 7) is 5.84. The van der Waals surface area contributed by atoms with Gasteiger partial charge in [0.1, 0.15) is 11.6 Å². The van der Waals surface area contributed by atoms with Crippen molar-refractivity contribution in [2.75, 3.05) is 0 Å². The summed E-state index contributed by atoms with van der Waals surface area (Å²) in [5, 5.41) is 0. The molecule has 33 heavy (non-hydrogen) atoms. The Bertz CT molecular complexity index is 973. The van der Waals surface area contributed by atoms with Gasteiger partial charge >= 0.3 is 0 Å². The molecular formula is C31H38F2. The van der Waals surface area contributed by atoms with E-state index in [1.807, 2.05) is 49.4 Å². The number of aryl methyl sites for hydroxylation is 1. The largest absolute Gasteiger partial charge is 0.207 e. The minimum atomic E-state index is -0.205. The summed E-state index contributed by atoms with van der Waals surface area (Å²) >= 11 is 0. The zero-order valence-corrected chi connectivity index (χ0v) is 20.0. The fourth-order valence-corrected chi connectivity index (χ4v) is 6.26. The molecule has 0 heterocycles. The van der Waals surface area contributed by atoms with Gasteiger partial charge in [0.15, 0.2) is 0 Å². The summed E-state index contributed by atoms with van der Waals surface area (Å²) in [6.07, 6.45) is 17.4. The second-order valence-corrected chi connectivity index (χ2v) is 10.2. The van der Waals surface area contributed by atoms with Crippen LogP contribution in [0.4, 0.5) is 8.78 Å². The summed E-state index contributed by atoms with van der Waals surface area (Å²) in [5.74, 6) is 2.40. The lowest BCUT2D eigenvalue weighted by Crippen LogP contribution is -2.30. The zero-order valence-electron chi connectivity index (χ0n) is 20.0. The molecule has 2 aliphatic rings. The third-order valence-corrected chi connectivity index (χ3v) is 8.14. The van der Waals surface area contributed by atoms with Gasteiger partial charge in [-0.05, 0) is 123 Å². The van der Waals surface area contributed by atoms with E-state index in [0.29, 0.717) is 17.9 Å². The van der Waals surface area contributed by atoms with Gasteiger partial charge in [0.25, 0.3) is 0 Å². The van der Waals surface area contributed by atoms with E-state index in [2.05, 4.69) is 6.58 Å². The predicted octanol–water partition coefficient (Wildman–Crippen LogP) is 9.41.